The second-order valence-corrected chi connectivity index (χ2v) is 11.0. The van der Waals surface area contributed by atoms with Crippen LogP contribution in [0.2, 0.25) is 0 Å². The number of hydrogen-bond donors (Lipinski definition) is 0. The van der Waals surface area contributed by atoms with Crippen LogP contribution in [0.5, 0.6) is 5.75 Å². The first-order valence-electron chi connectivity index (χ1n) is 11.4. The standard InChI is InChI=1S/C28H42O2/c1-22(2)21-29-26(20-28(6,7)19-24-12-9-8-10-13-24)30-25-15-11-14-23(18-25)16-17-27(3,4)5/h8-15,18,22,26H,16-17,19-21H2,1-7H3. The Kier molecular flexibility index (Phi) is 8.97. The average molecular weight is 411 g/mol. The van der Waals surface area contributed by atoms with Crippen molar-refractivity contribution in [3.05, 3.63) is 65.7 Å². The third-order valence-corrected chi connectivity index (χ3v) is 5.19. The molecule has 0 radical (unpaired) electrons. The first kappa shape index (κ1) is 24.5. The maximum Gasteiger partial charge on any atom is 0.200 e. The van der Waals surface area contributed by atoms with Crippen molar-refractivity contribution in [3.8, 4) is 5.75 Å². The molecular weight excluding hydrogens is 368 g/mol. The lowest BCUT2D eigenvalue weighted by Gasteiger charge is -2.31. The molecule has 2 aromatic rings. The molecule has 0 aromatic heterocycles. The van der Waals surface area contributed by atoms with Crippen LogP contribution in [0.3, 0.4) is 0 Å². The third kappa shape index (κ3) is 9.80. The van der Waals surface area contributed by atoms with Gasteiger partial charge in [0.25, 0.3) is 0 Å². The van der Waals surface area contributed by atoms with Crippen molar-refractivity contribution in [2.24, 2.45) is 16.7 Å². The van der Waals surface area contributed by atoms with Crippen LogP contribution in [0.1, 0.15) is 72.4 Å². The molecule has 0 saturated carbocycles. The summed E-state index contributed by atoms with van der Waals surface area (Å²) in [5.41, 5.74) is 3.09. The summed E-state index contributed by atoms with van der Waals surface area (Å²) in [4.78, 5) is 0. The van der Waals surface area contributed by atoms with E-state index in [2.05, 4.69) is 103 Å². The summed E-state index contributed by atoms with van der Waals surface area (Å²) < 4.78 is 12.6. The van der Waals surface area contributed by atoms with Gasteiger partial charge in [0.15, 0.2) is 6.29 Å². The number of ether oxygens (including phenoxy) is 2. The van der Waals surface area contributed by atoms with Gasteiger partial charge >= 0.3 is 0 Å². The highest BCUT2D eigenvalue weighted by Crippen LogP contribution is 2.30. The molecule has 166 valence electrons. The summed E-state index contributed by atoms with van der Waals surface area (Å²) in [5, 5.41) is 0. The Balaban J connectivity index is 2.07. The molecule has 0 aliphatic rings. The van der Waals surface area contributed by atoms with Gasteiger partial charge in [0.2, 0.25) is 0 Å². The lowest BCUT2D eigenvalue weighted by molar-refractivity contribution is -0.109. The maximum atomic E-state index is 6.39. The third-order valence-electron chi connectivity index (χ3n) is 5.19. The summed E-state index contributed by atoms with van der Waals surface area (Å²) in [5.74, 6) is 1.39. The lowest BCUT2D eigenvalue weighted by atomic mass is 9.82. The van der Waals surface area contributed by atoms with Crippen LogP contribution in [0.25, 0.3) is 0 Å². The van der Waals surface area contributed by atoms with E-state index >= 15 is 0 Å². The molecule has 0 amide bonds. The monoisotopic (exact) mass is 410 g/mol. The summed E-state index contributed by atoms with van der Waals surface area (Å²) in [6.07, 6.45) is 3.83. The molecule has 2 aromatic carbocycles. The van der Waals surface area contributed by atoms with Gasteiger partial charge in [-0.25, -0.2) is 0 Å². The quantitative estimate of drug-likeness (QED) is 0.353. The lowest BCUT2D eigenvalue weighted by Crippen LogP contribution is -2.30. The van der Waals surface area contributed by atoms with Crippen molar-refractivity contribution < 1.29 is 9.47 Å². The second-order valence-electron chi connectivity index (χ2n) is 11.0. The molecule has 2 rings (SSSR count). The number of benzene rings is 2. The molecule has 0 saturated heterocycles. The van der Waals surface area contributed by atoms with E-state index < -0.39 is 0 Å². The fourth-order valence-corrected chi connectivity index (χ4v) is 3.55. The van der Waals surface area contributed by atoms with Crippen LogP contribution in [0.4, 0.5) is 0 Å². The van der Waals surface area contributed by atoms with E-state index in [1.54, 1.807) is 0 Å². The molecule has 2 heteroatoms. The van der Waals surface area contributed by atoms with Crippen LogP contribution >= 0.6 is 0 Å². The Labute approximate surface area is 185 Å². The molecule has 0 aliphatic heterocycles. The number of aryl methyl sites for hydroxylation is 1. The van der Waals surface area contributed by atoms with Gasteiger partial charge in [-0.2, -0.15) is 0 Å². The molecule has 1 atom stereocenters. The van der Waals surface area contributed by atoms with Crippen molar-refractivity contribution in [1.29, 1.82) is 0 Å². The molecule has 0 bridgehead atoms. The topological polar surface area (TPSA) is 18.5 Å². The number of rotatable bonds is 11. The molecule has 2 nitrogen and oxygen atoms in total. The summed E-state index contributed by atoms with van der Waals surface area (Å²) >= 11 is 0. The summed E-state index contributed by atoms with van der Waals surface area (Å²) in [6.45, 7) is 16.5. The highest BCUT2D eigenvalue weighted by atomic mass is 16.7. The number of hydrogen-bond acceptors (Lipinski definition) is 2. The minimum atomic E-state index is -0.246. The smallest absolute Gasteiger partial charge is 0.200 e. The first-order valence-corrected chi connectivity index (χ1v) is 11.4. The molecule has 0 N–H and O–H groups in total. The van der Waals surface area contributed by atoms with E-state index in [4.69, 9.17) is 9.47 Å². The molecule has 1 unspecified atom stereocenters. The maximum absolute atomic E-state index is 6.39. The van der Waals surface area contributed by atoms with Crippen molar-refractivity contribution in [2.75, 3.05) is 6.61 Å². The minimum Gasteiger partial charge on any atom is -0.465 e. The second kappa shape index (κ2) is 11.0. The van der Waals surface area contributed by atoms with Crippen LogP contribution in [0.15, 0.2) is 54.6 Å². The normalized spacial score (nSPS) is 13.5. The Bertz CT molecular complexity index is 741. The van der Waals surface area contributed by atoms with Gasteiger partial charge in [-0.3, -0.25) is 0 Å². The van der Waals surface area contributed by atoms with Crippen LogP contribution in [0, 0.1) is 16.7 Å². The van der Waals surface area contributed by atoms with E-state index in [1.165, 1.54) is 11.1 Å². The zero-order chi connectivity index (χ0) is 22.2. The van der Waals surface area contributed by atoms with Gasteiger partial charge in [-0.05, 0) is 59.3 Å². The molecule has 0 spiro atoms. The summed E-state index contributed by atoms with van der Waals surface area (Å²) in [6, 6.07) is 19.2. The van der Waals surface area contributed by atoms with Gasteiger partial charge in [0, 0.05) is 6.42 Å². The van der Waals surface area contributed by atoms with Crippen molar-refractivity contribution in [2.45, 2.75) is 80.4 Å². The van der Waals surface area contributed by atoms with Gasteiger partial charge in [-0.15, -0.1) is 0 Å². The fraction of sp³-hybridized carbons (Fsp3) is 0.571. The van der Waals surface area contributed by atoms with Crippen LogP contribution in [-0.4, -0.2) is 12.9 Å². The first-order chi connectivity index (χ1) is 14.0. The van der Waals surface area contributed by atoms with Crippen molar-refractivity contribution >= 4 is 0 Å². The Morgan fingerprint density at radius 2 is 1.50 bits per heavy atom. The Morgan fingerprint density at radius 3 is 2.13 bits per heavy atom. The van der Waals surface area contributed by atoms with Gasteiger partial charge in [-0.1, -0.05) is 90.9 Å². The van der Waals surface area contributed by atoms with E-state index in [0.717, 1.165) is 31.4 Å². The zero-order valence-corrected chi connectivity index (χ0v) is 20.2. The van der Waals surface area contributed by atoms with Crippen LogP contribution < -0.4 is 4.74 Å². The van der Waals surface area contributed by atoms with Crippen molar-refractivity contribution in [3.63, 3.8) is 0 Å². The largest absolute Gasteiger partial charge is 0.465 e. The molecule has 0 heterocycles. The SMILES string of the molecule is CC(C)COC(CC(C)(C)Cc1ccccc1)Oc1cccc(CCC(C)(C)C)c1. The summed E-state index contributed by atoms with van der Waals surface area (Å²) in [7, 11) is 0. The predicted octanol–water partition coefficient (Wildman–Crippen LogP) is 7.70. The zero-order valence-electron chi connectivity index (χ0n) is 20.2. The Hall–Kier alpha value is -1.80. The van der Waals surface area contributed by atoms with Gasteiger partial charge in [0.05, 0.1) is 6.61 Å². The van der Waals surface area contributed by atoms with E-state index in [-0.39, 0.29) is 11.7 Å². The minimum absolute atomic E-state index is 0.0762. The fourth-order valence-electron chi connectivity index (χ4n) is 3.55. The highest BCUT2D eigenvalue weighted by molar-refractivity contribution is 5.29. The molecule has 0 fully saturated rings. The predicted molar refractivity (Wildman–Crippen MR) is 128 cm³/mol. The molecular formula is C28H42O2. The molecule has 0 aliphatic carbocycles. The highest BCUT2D eigenvalue weighted by Gasteiger charge is 2.26. The van der Waals surface area contributed by atoms with Gasteiger partial charge < -0.3 is 9.47 Å². The van der Waals surface area contributed by atoms with Crippen molar-refractivity contribution in [1.82, 2.24) is 0 Å². The Morgan fingerprint density at radius 1 is 0.833 bits per heavy atom. The van der Waals surface area contributed by atoms with E-state index in [0.29, 0.717) is 17.9 Å². The van der Waals surface area contributed by atoms with Gasteiger partial charge in [0.1, 0.15) is 5.75 Å². The average Bonchev–Trinajstić information content (AvgIpc) is 2.64. The van der Waals surface area contributed by atoms with E-state index in [1.807, 2.05) is 0 Å². The molecule has 30 heavy (non-hydrogen) atoms. The van der Waals surface area contributed by atoms with Crippen LogP contribution in [-0.2, 0) is 17.6 Å². The van der Waals surface area contributed by atoms with E-state index in [9.17, 15) is 0 Å².